The first kappa shape index (κ1) is 20.9. The predicted octanol–water partition coefficient (Wildman–Crippen LogP) is 4.98. The minimum atomic E-state index is -0.780. The average molecular weight is 424 g/mol. The number of benzene rings is 2. The molecule has 2 aromatic carbocycles. The Bertz CT molecular complexity index is 792. The summed E-state index contributed by atoms with van der Waals surface area (Å²) in [5, 5.41) is 10.0. The van der Waals surface area contributed by atoms with E-state index in [4.69, 9.17) is 37.8 Å². The molecule has 2 unspecified atom stereocenters. The van der Waals surface area contributed by atoms with Crippen LogP contribution in [0.2, 0.25) is 10.0 Å². The summed E-state index contributed by atoms with van der Waals surface area (Å²) in [7, 11) is 0. The summed E-state index contributed by atoms with van der Waals surface area (Å²) in [6.45, 7) is 4.46. The van der Waals surface area contributed by atoms with Crippen molar-refractivity contribution in [3.63, 3.8) is 0 Å². The Morgan fingerprint density at radius 2 is 1.93 bits per heavy atom. The van der Waals surface area contributed by atoms with Crippen LogP contribution in [0.5, 0.6) is 5.75 Å². The average Bonchev–Trinajstić information content (AvgIpc) is 2.67. The number of ether oxygens (including phenoxy) is 2. The topological polar surface area (TPSA) is 59.0 Å². The van der Waals surface area contributed by atoms with Gasteiger partial charge in [0.2, 0.25) is 0 Å². The summed E-state index contributed by atoms with van der Waals surface area (Å²) in [6.07, 6.45) is -0.223. The molecule has 0 spiro atoms. The van der Waals surface area contributed by atoms with Crippen molar-refractivity contribution < 1.29 is 19.4 Å². The van der Waals surface area contributed by atoms with Gasteiger partial charge in [0.25, 0.3) is 0 Å². The van der Waals surface area contributed by atoms with Crippen LogP contribution >= 0.6 is 23.2 Å². The molecule has 1 aliphatic rings. The molecular formula is C21H23Cl2NO4. The summed E-state index contributed by atoms with van der Waals surface area (Å²) in [6, 6.07) is 13.1. The zero-order valence-corrected chi connectivity index (χ0v) is 17.1. The lowest BCUT2D eigenvalue weighted by Gasteiger charge is -2.32. The Morgan fingerprint density at radius 3 is 2.57 bits per heavy atom. The Morgan fingerprint density at radius 1 is 1.25 bits per heavy atom. The first-order valence-corrected chi connectivity index (χ1v) is 9.96. The van der Waals surface area contributed by atoms with Gasteiger partial charge in [0.1, 0.15) is 11.9 Å². The third-order valence-corrected chi connectivity index (χ3v) is 5.42. The van der Waals surface area contributed by atoms with Crippen LogP contribution in [-0.2, 0) is 9.53 Å². The largest absolute Gasteiger partial charge is 0.486 e. The molecule has 1 N–H and O–H groups in total. The summed E-state index contributed by atoms with van der Waals surface area (Å²) in [5.74, 6) is -0.0666. The van der Waals surface area contributed by atoms with Crippen molar-refractivity contribution in [2.24, 2.45) is 0 Å². The van der Waals surface area contributed by atoms with E-state index in [0.29, 0.717) is 35.5 Å². The highest BCUT2D eigenvalue weighted by atomic mass is 35.5. The highest BCUT2D eigenvalue weighted by Gasteiger charge is 2.22. The molecule has 0 radical (unpaired) electrons. The van der Waals surface area contributed by atoms with Gasteiger partial charge in [-0.1, -0.05) is 41.4 Å². The van der Waals surface area contributed by atoms with Crippen LogP contribution in [0.1, 0.15) is 36.7 Å². The molecule has 150 valence electrons. The van der Waals surface area contributed by atoms with E-state index in [2.05, 4.69) is 4.90 Å². The third kappa shape index (κ3) is 5.39. The molecule has 0 aromatic heterocycles. The SMILES string of the molecule is CC(Oc1ccc(C2CN(CCC(=O)O)CCO2)cc1)c1c(Cl)cccc1Cl. The molecule has 28 heavy (non-hydrogen) atoms. The molecule has 5 nitrogen and oxygen atoms in total. The van der Waals surface area contributed by atoms with Crippen LogP contribution in [0, 0.1) is 0 Å². The number of aliphatic carboxylic acids is 1. The fourth-order valence-corrected chi connectivity index (χ4v) is 3.99. The standard InChI is InChI=1S/C21H23Cl2NO4/c1-14(21-17(22)3-2-4-18(21)23)28-16-7-5-15(6-8-16)19-13-24(11-12-27-19)10-9-20(25)26/h2-8,14,19H,9-13H2,1H3,(H,25,26). The molecule has 1 fully saturated rings. The van der Waals surface area contributed by atoms with Crippen molar-refractivity contribution in [1.82, 2.24) is 4.90 Å². The maximum Gasteiger partial charge on any atom is 0.304 e. The Balaban J connectivity index is 1.62. The van der Waals surface area contributed by atoms with Crippen LogP contribution in [0.25, 0.3) is 0 Å². The number of rotatable bonds is 7. The maximum absolute atomic E-state index is 10.8. The van der Waals surface area contributed by atoms with Crippen molar-refractivity contribution in [2.45, 2.75) is 25.6 Å². The molecule has 2 atom stereocenters. The molecule has 0 saturated carbocycles. The van der Waals surface area contributed by atoms with Gasteiger partial charge < -0.3 is 14.6 Å². The van der Waals surface area contributed by atoms with Gasteiger partial charge >= 0.3 is 5.97 Å². The zero-order valence-electron chi connectivity index (χ0n) is 15.6. The molecule has 0 amide bonds. The monoisotopic (exact) mass is 423 g/mol. The van der Waals surface area contributed by atoms with E-state index in [1.807, 2.05) is 31.2 Å². The first-order valence-electron chi connectivity index (χ1n) is 9.20. The van der Waals surface area contributed by atoms with Crippen molar-refractivity contribution in [1.29, 1.82) is 0 Å². The number of carbonyl (C=O) groups is 1. The van der Waals surface area contributed by atoms with Crippen molar-refractivity contribution in [3.05, 3.63) is 63.6 Å². The molecule has 1 aliphatic heterocycles. The van der Waals surface area contributed by atoms with Crippen molar-refractivity contribution in [3.8, 4) is 5.75 Å². The predicted molar refractivity (Wildman–Crippen MR) is 109 cm³/mol. The number of carboxylic acid groups (broad SMARTS) is 1. The molecule has 1 saturated heterocycles. The van der Waals surface area contributed by atoms with Crippen molar-refractivity contribution in [2.75, 3.05) is 26.2 Å². The van der Waals surface area contributed by atoms with Crippen molar-refractivity contribution >= 4 is 29.2 Å². The zero-order chi connectivity index (χ0) is 20.1. The number of carboxylic acids is 1. The van der Waals surface area contributed by atoms with E-state index in [0.717, 1.165) is 17.7 Å². The highest BCUT2D eigenvalue weighted by molar-refractivity contribution is 6.36. The number of hydrogen-bond donors (Lipinski definition) is 1. The first-order chi connectivity index (χ1) is 13.4. The molecule has 1 heterocycles. The van der Waals surface area contributed by atoms with Gasteiger partial charge in [-0.25, -0.2) is 0 Å². The normalized spacial score (nSPS) is 18.6. The minimum absolute atomic E-state index is 0.0768. The van der Waals surface area contributed by atoms with Gasteiger partial charge in [-0.05, 0) is 36.8 Å². The number of halogens is 2. The molecule has 2 aromatic rings. The molecule has 7 heteroatoms. The number of hydrogen-bond acceptors (Lipinski definition) is 4. The van der Waals surface area contributed by atoms with Crippen LogP contribution in [0.3, 0.4) is 0 Å². The summed E-state index contributed by atoms with van der Waals surface area (Å²) >= 11 is 12.5. The fourth-order valence-electron chi connectivity index (χ4n) is 3.28. The van der Waals surface area contributed by atoms with E-state index in [-0.39, 0.29) is 18.6 Å². The minimum Gasteiger partial charge on any atom is -0.486 e. The number of nitrogens with zero attached hydrogens (tertiary/aromatic N) is 1. The maximum atomic E-state index is 10.8. The summed E-state index contributed by atoms with van der Waals surface area (Å²) in [5.41, 5.74) is 1.80. The van der Waals surface area contributed by atoms with Crippen LogP contribution < -0.4 is 4.74 Å². The van der Waals surface area contributed by atoms with Gasteiger partial charge in [0.05, 0.1) is 19.1 Å². The smallest absolute Gasteiger partial charge is 0.304 e. The lowest BCUT2D eigenvalue weighted by atomic mass is 10.1. The molecule has 0 aliphatic carbocycles. The Kier molecular flexibility index (Phi) is 7.18. The van der Waals surface area contributed by atoms with E-state index in [1.54, 1.807) is 18.2 Å². The lowest BCUT2D eigenvalue weighted by Crippen LogP contribution is -2.39. The summed E-state index contributed by atoms with van der Waals surface area (Å²) in [4.78, 5) is 12.9. The van der Waals surface area contributed by atoms with Gasteiger partial charge in [-0.2, -0.15) is 0 Å². The Labute approximate surface area is 174 Å². The van der Waals surface area contributed by atoms with E-state index in [1.165, 1.54) is 0 Å². The van der Waals surface area contributed by atoms with Crippen LogP contribution in [0.4, 0.5) is 0 Å². The second kappa shape index (κ2) is 9.61. The highest BCUT2D eigenvalue weighted by Crippen LogP contribution is 2.33. The molecule has 3 rings (SSSR count). The van der Waals surface area contributed by atoms with Gasteiger partial charge in [-0.3, -0.25) is 9.69 Å². The quantitative estimate of drug-likeness (QED) is 0.679. The lowest BCUT2D eigenvalue weighted by molar-refractivity contribution is -0.137. The second-order valence-electron chi connectivity index (χ2n) is 6.77. The van der Waals surface area contributed by atoms with Gasteiger partial charge in [0.15, 0.2) is 0 Å². The summed E-state index contributed by atoms with van der Waals surface area (Å²) < 4.78 is 11.9. The third-order valence-electron chi connectivity index (χ3n) is 4.76. The molecular weight excluding hydrogens is 401 g/mol. The van der Waals surface area contributed by atoms with Crippen LogP contribution in [0.15, 0.2) is 42.5 Å². The number of morpholine rings is 1. The van der Waals surface area contributed by atoms with E-state index < -0.39 is 5.97 Å². The van der Waals surface area contributed by atoms with E-state index >= 15 is 0 Å². The van der Waals surface area contributed by atoms with Gasteiger partial charge in [0, 0.05) is 35.2 Å². The Hall–Kier alpha value is -1.79. The second-order valence-corrected chi connectivity index (χ2v) is 7.58. The van der Waals surface area contributed by atoms with Gasteiger partial charge in [-0.15, -0.1) is 0 Å². The fraction of sp³-hybridized carbons (Fsp3) is 0.381. The van der Waals surface area contributed by atoms with Crippen LogP contribution in [-0.4, -0.2) is 42.2 Å². The molecule has 0 bridgehead atoms. The van der Waals surface area contributed by atoms with E-state index in [9.17, 15) is 4.79 Å².